The number of benzene rings is 3. The molecule has 0 saturated carbocycles. The highest BCUT2D eigenvalue weighted by atomic mass is 35.5. The Balaban J connectivity index is 1.58. The van der Waals surface area contributed by atoms with Gasteiger partial charge in [-0.25, -0.2) is 9.79 Å². The van der Waals surface area contributed by atoms with Gasteiger partial charge in [-0.05, 0) is 66.7 Å². The minimum absolute atomic E-state index is 0.117. The number of hydrogen-bond acceptors (Lipinski definition) is 5. The van der Waals surface area contributed by atoms with Crippen molar-refractivity contribution >= 4 is 75.4 Å². The molecule has 10 heteroatoms. The summed E-state index contributed by atoms with van der Waals surface area (Å²) in [5.41, 5.74) is 1.98. The van der Waals surface area contributed by atoms with Gasteiger partial charge in [0.05, 0.1) is 26.2 Å². The molecular weight excluding hydrogens is 543 g/mol. The number of likely N-dealkylation sites (N-methyl/N-ethyl adjacent to an activating group) is 1. The van der Waals surface area contributed by atoms with Crippen molar-refractivity contribution in [2.24, 2.45) is 4.99 Å². The summed E-state index contributed by atoms with van der Waals surface area (Å²) in [6.07, 6.45) is 1.68. The number of nitrogens with zero attached hydrogens (tertiary/aromatic N) is 2. The second-order valence-electron chi connectivity index (χ2n) is 7.60. The third kappa shape index (κ3) is 5.87. The van der Waals surface area contributed by atoms with Crippen LogP contribution in [0.2, 0.25) is 15.1 Å². The number of halogens is 3. The maximum atomic E-state index is 13.0. The van der Waals surface area contributed by atoms with E-state index < -0.39 is 5.97 Å². The number of hydrogen-bond donors (Lipinski definition) is 1. The topological polar surface area (TPSA) is 79.2 Å². The van der Waals surface area contributed by atoms with Crippen LogP contribution in [0.5, 0.6) is 5.75 Å². The van der Waals surface area contributed by atoms with Crippen LogP contribution in [0.15, 0.2) is 70.6 Å². The Hall–Kier alpha value is -2.97. The van der Waals surface area contributed by atoms with E-state index in [0.717, 1.165) is 5.56 Å². The summed E-state index contributed by atoms with van der Waals surface area (Å²) in [6.45, 7) is 2.43. The van der Waals surface area contributed by atoms with Crippen LogP contribution < -0.4 is 4.74 Å². The molecule has 0 bridgehead atoms. The summed E-state index contributed by atoms with van der Waals surface area (Å²) in [5, 5.41) is 10.8. The Kier molecular flexibility index (Phi) is 8.26. The molecule has 0 atom stereocenters. The van der Waals surface area contributed by atoms with Gasteiger partial charge < -0.3 is 9.84 Å². The minimum Gasteiger partial charge on any atom is -0.486 e. The molecule has 1 heterocycles. The maximum absolute atomic E-state index is 13.0. The van der Waals surface area contributed by atoms with Crippen molar-refractivity contribution in [3.8, 4) is 5.75 Å². The number of carbonyl (C=O) groups is 2. The van der Waals surface area contributed by atoms with E-state index in [-0.39, 0.29) is 18.1 Å². The van der Waals surface area contributed by atoms with Crippen LogP contribution in [0.3, 0.4) is 0 Å². The molecular formula is C26H19Cl3N2O4S. The van der Waals surface area contributed by atoms with E-state index in [9.17, 15) is 14.7 Å². The van der Waals surface area contributed by atoms with Gasteiger partial charge in [0, 0.05) is 17.1 Å². The molecule has 4 rings (SSSR count). The average molecular weight is 562 g/mol. The second-order valence-corrected chi connectivity index (χ2v) is 9.83. The molecule has 3 aromatic rings. The van der Waals surface area contributed by atoms with E-state index in [1.165, 1.54) is 28.8 Å². The lowest BCUT2D eigenvalue weighted by Crippen LogP contribution is -2.28. The Bertz CT molecular complexity index is 1380. The summed E-state index contributed by atoms with van der Waals surface area (Å²) in [7, 11) is 0. The molecule has 1 amide bonds. The zero-order valence-electron chi connectivity index (χ0n) is 18.9. The summed E-state index contributed by atoms with van der Waals surface area (Å²) < 4.78 is 5.81. The Labute approximate surface area is 227 Å². The van der Waals surface area contributed by atoms with Crippen LogP contribution in [0, 0.1) is 0 Å². The lowest BCUT2D eigenvalue weighted by Gasteiger charge is -2.12. The first kappa shape index (κ1) is 26.1. The predicted octanol–water partition coefficient (Wildman–Crippen LogP) is 7.55. The Morgan fingerprint density at radius 1 is 1.06 bits per heavy atom. The smallest absolute Gasteiger partial charge is 0.335 e. The number of rotatable bonds is 7. The van der Waals surface area contributed by atoms with E-state index in [4.69, 9.17) is 39.5 Å². The number of ether oxygens (including phenoxy) is 1. The lowest BCUT2D eigenvalue weighted by atomic mass is 10.2. The molecule has 1 aliphatic heterocycles. The third-order valence-corrected chi connectivity index (χ3v) is 7.11. The quantitative estimate of drug-likeness (QED) is 0.301. The largest absolute Gasteiger partial charge is 0.486 e. The number of carboxylic acids is 1. The number of thioether (sulfide) groups is 1. The molecule has 0 aromatic heterocycles. The van der Waals surface area contributed by atoms with E-state index >= 15 is 0 Å². The Morgan fingerprint density at radius 3 is 2.44 bits per heavy atom. The van der Waals surface area contributed by atoms with E-state index in [1.54, 1.807) is 36.4 Å². The first-order valence-corrected chi connectivity index (χ1v) is 12.7. The van der Waals surface area contributed by atoms with Crippen LogP contribution in [0.1, 0.15) is 28.4 Å². The fraction of sp³-hybridized carbons (Fsp3) is 0.115. The van der Waals surface area contributed by atoms with Gasteiger partial charge in [-0.1, -0.05) is 59.1 Å². The monoisotopic (exact) mass is 560 g/mol. The predicted molar refractivity (Wildman–Crippen MR) is 146 cm³/mol. The molecule has 0 spiro atoms. The van der Waals surface area contributed by atoms with Crippen LogP contribution in [-0.2, 0) is 11.4 Å². The van der Waals surface area contributed by atoms with Gasteiger partial charge in [0.1, 0.15) is 6.61 Å². The zero-order chi connectivity index (χ0) is 25.8. The first-order chi connectivity index (χ1) is 17.3. The van der Waals surface area contributed by atoms with Gasteiger partial charge in [-0.3, -0.25) is 9.69 Å². The van der Waals surface area contributed by atoms with Gasteiger partial charge in [0.15, 0.2) is 10.9 Å². The van der Waals surface area contributed by atoms with Gasteiger partial charge >= 0.3 is 5.97 Å². The SMILES string of the molecule is CCN1C(=O)/C(=C/c2cc(Cl)c(OCc3ccccc3Cl)c(Cl)c2)SC1=Nc1cccc(C(=O)O)c1. The molecule has 1 saturated heterocycles. The summed E-state index contributed by atoms with van der Waals surface area (Å²) >= 11 is 20.3. The summed E-state index contributed by atoms with van der Waals surface area (Å²) in [6, 6.07) is 16.9. The van der Waals surface area contributed by atoms with Gasteiger partial charge in [-0.15, -0.1) is 0 Å². The molecule has 1 N–H and O–H groups in total. The third-order valence-electron chi connectivity index (χ3n) is 5.17. The van der Waals surface area contributed by atoms with Crippen LogP contribution in [0.25, 0.3) is 6.08 Å². The van der Waals surface area contributed by atoms with Crippen LogP contribution >= 0.6 is 46.6 Å². The number of amidine groups is 1. The van der Waals surface area contributed by atoms with Crippen molar-refractivity contribution in [2.75, 3.05) is 6.54 Å². The molecule has 6 nitrogen and oxygen atoms in total. The highest BCUT2D eigenvalue weighted by Crippen LogP contribution is 2.38. The summed E-state index contributed by atoms with van der Waals surface area (Å²) in [5.74, 6) is -0.948. The van der Waals surface area contributed by atoms with Gasteiger partial charge in [0.25, 0.3) is 5.91 Å². The number of carbonyl (C=O) groups excluding carboxylic acids is 1. The normalized spacial score (nSPS) is 15.7. The van der Waals surface area contributed by atoms with Gasteiger partial charge in [-0.2, -0.15) is 0 Å². The number of aliphatic imine (C=N–C) groups is 1. The number of amides is 1. The number of carboxylic acid groups (broad SMARTS) is 1. The Morgan fingerprint density at radius 2 is 1.78 bits per heavy atom. The van der Waals surface area contributed by atoms with Crippen molar-refractivity contribution in [1.29, 1.82) is 0 Å². The molecule has 3 aromatic carbocycles. The fourth-order valence-corrected chi connectivity index (χ4v) is 5.27. The minimum atomic E-state index is -1.05. The van der Waals surface area contributed by atoms with Crippen LogP contribution in [-0.4, -0.2) is 33.6 Å². The zero-order valence-corrected chi connectivity index (χ0v) is 22.0. The molecule has 1 aliphatic rings. The van der Waals surface area contributed by atoms with Crippen molar-refractivity contribution in [1.82, 2.24) is 4.90 Å². The van der Waals surface area contributed by atoms with Crippen molar-refractivity contribution in [3.05, 3.63) is 97.3 Å². The van der Waals surface area contributed by atoms with Crippen molar-refractivity contribution in [2.45, 2.75) is 13.5 Å². The highest BCUT2D eigenvalue weighted by molar-refractivity contribution is 8.18. The van der Waals surface area contributed by atoms with E-state index in [1.807, 2.05) is 25.1 Å². The van der Waals surface area contributed by atoms with E-state index in [2.05, 4.69) is 4.99 Å². The van der Waals surface area contributed by atoms with Crippen molar-refractivity contribution in [3.63, 3.8) is 0 Å². The fourth-order valence-electron chi connectivity index (χ4n) is 3.41. The molecule has 0 radical (unpaired) electrons. The van der Waals surface area contributed by atoms with Gasteiger partial charge in [0.2, 0.25) is 0 Å². The van der Waals surface area contributed by atoms with Crippen LogP contribution in [0.4, 0.5) is 5.69 Å². The average Bonchev–Trinajstić information content (AvgIpc) is 3.13. The molecule has 36 heavy (non-hydrogen) atoms. The standard InChI is InChI=1S/C26H19Cl3N2O4S/c1-2-31-24(32)22(36-26(31)30-18-8-5-7-16(13-18)25(33)34)12-15-10-20(28)23(21(29)11-15)35-14-17-6-3-4-9-19(17)27/h3-13H,2,14H2,1H3,(H,33,34)/b22-12-,30-26?. The van der Waals surface area contributed by atoms with Crippen molar-refractivity contribution < 1.29 is 19.4 Å². The molecule has 0 unspecified atom stereocenters. The number of aromatic carboxylic acids is 1. The maximum Gasteiger partial charge on any atom is 0.335 e. The van der Waals surface area contributed by atoms with E-state index in [0.29, 0.717) is 48.7 Å². The second kappa shape index (κ2) is 11.4. The lowest BCUT2D eigenvalue weighted by molar-refractivity contribution is -0.122. The molecule has 1 fully saturated rings. The highest BCUT2D eigenvalue weighted by Gasteiger charge is 2.32. The molecule has 184 valence electrons. The summed E-state index contributed by atoms with van der Waals surface area (Å²) in [4.78, 5) is 30.7. The molecule has 0 aliphatic carbocycles. The first-order valence-electron chi connectivity index (χ1n) is 10.8.